The van der Waals surface area contributed by atoms with Gasteiger partial charge in [0.15, 0.2) is 0 Å². The number of imidazole rings is 1. The quantitative estimate of drug-likeness (QED) is 0.757. The van der Waals surface area contributed by atoms with Gasteiger partial charge in [0.2, 0.25) is 0 Å². The molecule has 2 rings (SSSR count). The Morgan fingerprint density at radius 1 is 1.44 bits per heavy atom. The minimum atomic E-state index is -0.185. The van der Waals surface area contributed by atoms with E-state index in [1.165, 1.54) is 12.8 Å². The van der Waals surface area contributed by atoms with Crippen molar-refractivity contribution in [1.82, 2.24) is 14.9 Å². The number of aliphatic hydroxyl groups is 1. The molecule has 4 nitrogen and oxygen atoms in total. The summed E-state index contributed by atoms with van der Waals surface area (Å²) in [5.41, 5.74) is 1.16. The number of nitrogens with zero attached hydrogens (tertiary/aromatic N) is 2. The van der Waals surface area contributed by atoms with E-state index in [2.05, 4.69) is 10.3 Å². The summed E-state index contributed by atoms with van der Waals surface area (Å²) in [7, 11) is 1.99. The van der Waals surface area contributed by atoms with Crippen LogP contribution < -0.4 is 5.32 Å². The molecule has 0 spiro atoms. The molecule has 4 heteroatoms. The van der Waals surface area contributed by atoms with E-state index in [1.54, 1.807) is 6.33 Å². The van der Waals surface area contributed by atoms with Gasteiger partial charge in [-0.15, -0.1) is 0 Å². The molecule has 16 heavy (non-hydrogen) atoms. The van der Waals surface area contributed by atoms with E-state index in [0.717, 1.165) is 31.5 Å². The molecular formula is C12H21N3O. The molecule has 0 bridgehead atoms. The third kappa shape index (κ3) is 2.83. The zero-order valence-electron chi connectivity index (χ0n) is 9.89. The molecule has 1 aromatic rings. The highest BCUT2D eigenvalue weighted by molar-refractivity contribution is 4.97. The molecule has 0 aliphatic heterocycles. The van der Waals surface area contributed by atoms with Crippen molar-refractivity contribution < 1.29 is 5.11 Å². The van der Waals surface area contributed by atoms with Crippen LogP contribution in [0.5, 0.6) is 0 Å². The van der Waals surface area contributed by atoms with Crippen molar-refractivity contribution in [2.75, 3.05) is 0 Å². The SMILES string of the molecule is Cn1cncc1CNC1CCCCCC1O. The molecule has 1 saturated carbocycles. The number of aromatic nitrogens is 2. The van der Waals surface area contributed by atoms with Gasteiger partial charge in [-0.1, -0.05) is 19.3 Å². The Hall–Kier alpha value is -0.870. The predicted molar refractivity (Wildman–Crippen MR) is 62.9 cm³/mol. The third-order valence-electron chi connectivity index (χ3n) is 3.44. The summed E-state index contributed by atoms with van der Waals surface area (Å²) >= 11 is 0. The first-order chi connectivity index (χ1) is 7.77. The number of hydrogen-bond donors (Lipinski definition) is 2. The van der Waals surface area contributed by atoms with E-state index in [0.29, 0.717) is 0 Å². The highest BCUT2D eigenvalue weighted by atomic mass is 16.3. The molecule has 1 aromatic heterocycles. The summed E-state index contributed by atoms with van der Waals surface area (Å²) in [6.45, 7) is 0.790. The highest BCUT2D eigenvalue weighted by Gasteiger charge is 2.20. The number of aliphatic hydroxyl groups excluding tert-OH is 1. The Kier molecular flexibility index (Phi) is 3.96. The largest absolute Gasteiger partial charge is 0.392 e. The van der Waals surface area contributed by atoms with Crippen LogP contribution in [0.15, 0.2) is 12.5 Å². The van der Waals surface area contributed by atoms with Crippen molar-refractivity contribution in [3.05, 3.63) is 18.2 Å². The van der Waals surface area contributed by atoms with Crippen molar-refractivity contribution >= 4 is 0 Å². The van der Waals surface area contributed by atoms with Gasteiger partial charge in [0, 0.05) is 25.8 Å². The van der Waals surface area contributed by atoms with Crippen LogP contribution in [0.3, 0.4) is 0 Å². The van der Waals surface area contributed by atoms with Gasteiger partial charge in [0.1, 0.15) is 0 Å². The minimum absolute atomic E-state index is 0.185. The second kappa shape index (κ2) is 5.46. The van der Waals surface area contributed by atoms with Gasteiger partial charge in [0.05, 0.1) is 18.1 Å². The van der Waals surface area contributed by atoms with Crippen molar-refractivity contribution in [1.29, 1.82) is 0 Å². The molecule has 0 amide bonds. The lowest BCUT2D eigenvalue weighted by molar-refractivity contribution is 0.119. The summed E-state index contributed by atoms with van der Waals surface area (Å²) < 4.78 is 2.01. The van der Waals surface area contributed by atoms with Crippen LogP contribution in [0, 0.1) is 0 Å². The fourth-order valence-electron chi connectivity index (χ4n) is 2.32. The zero-order chi connectivity index (χ0) is 11.4. The van der Waals surface area contributed by atoms with Gasteiger partial charge < -0.3 is 15.0 Å². The number of hydrogen-bond acceptors (Lipinski definition) is 3. The molecule has 0 saturated heterocycles. The van der Waals surface area contributed by atoms with Crippen molar-refractivity contribution in [2.24, 2.45) is 7.05 Å². The van der Waals surface area contributed by atoms with Crippen LogP contribution >= 0.6 is 0 Å². The molecule has 1 aliphatic carbocycles. The number of rotatable bonds is 3. The van der Waals surface area contributed by atoms with Gasteiger partial charge in [-0.3, -0.25) is 0 Å². The molecule has 2 atom stereocenters. The van der Waals surface area contributed by atoms with Gasteiger partial charge in [0.25, 0.3) is 0 Å². The van der Waals surface area contributed by atoms with Crippen molar-refractivity contribution in [3.63, 3.8) is 0 Å². The van der Waals surface area contributed by atoms with Crippen LogP contribution in [0.2, 0.25) is 0 Å². The maximum Gasteiger partial charge on any atom is 0.0945 e. The van der Waals surface area contributed by atoms with E-state index in [4.69, 9.17) is 0 Å². The average molecular weight is 223 g/mol. The Morgan fingerprint density at radius 2 is 2.25 bits per heavy atom. The van der Waals surface area contributed by atoms with E-state index >= 15 is 0 Å². The summed E-state index contributed by atoms with van der Waals surface area (Å²) in [5.74, 6) is 0. The molecule has 2 N–H and O–H groups in total. The summed E-state index contributed by atoms with van der Waals surface area (Å²) in [5, 5.41) is 13.4. The first-order valence-electron chi connectivity index (χ1n) is 6.14. The third-order valence-corrected chi connectivity index (χ3v) is 3.44. The first-order valence-corrected chi connectivity index (χ1v) is 6.14. The van der Waals surface area contributed by atoms with Gasteiger partial charge >= 0.3 is 0 Å². The van der Waals surface area contributed by atoms with E-state index < -0.39 is 0 Å². The lowest BCUT2D eigenvalue weighted by atomic mass is 10.1. The first kappa shape index (κ1) is 11.6. The second-order valence-corrected chi connectivity index (χ2v) is 4.69. The van der Waals surface area contributed by atoms with Gasteiger partial charge in [-0.25, -0.2) is 4.98 Å². The summed E-state index contributed by atoms with van der Waals surface area (Å²) in [4.78, 5) is 4.08. The number of aryl methyl sites for hydroxylation is 1. The Balaban J connectivity index is 1.86. The molecule has 2 unspecified atom stereocenters. The molecule has 1 fully saturated rings. The normalized spacial score (nSPS) is 26.6. The Morgan fingerprint density at radius 3 is 3.00 bits per heavy atom. The zero-order valence-corrected chi connectivity index (χ0v) is 9.89. The highest BCUT2D eigenvalue weighted by Crippen LogP contribution is 2.18. The van der Waals surface area contributed by atoms with Crippen LogP contribution in [0.25, 0.3) is 0 Å². The lowest BCUT2D eigenvalue weighted by Gasteiger charge is -2.21. The van der Waals surface area contributed by atoms with Crippen molar-refractivity contribution in [2.45, 2.75) is 50.8 Å². The molecule has 0 aromatic carbocycles. The maximum absolute atomic E-state index is 9.96. The summed E-state index contributed by atoms with van der Waals surface area (Å²) in [6.07, 6.45) is 9.14. The van der Waals surface area contributed by atoms with Crippen LogP contribution in [-0.2, 0) is 13.6 Å². The van der Waals surface area contributed by atoms with Crippen LogP contribution in [0.1, 0.15) is 37.8 Å². The lowest BCUT2D eigenvalue weighted by Crippen LogP contribution is -2.38. The maximum atomic E-state index is 9.96. The monoisotopic (exact) mass is 223 g/mol. The molecule has 1 aliphatic rings. The molecule has 90 valence electrons. The van der Waals surface area contributed by atoms with Gasteiger partial charge in [-0.2, -0.15) is 0 Å². The van der Waals surface area contributed by atoms with Gasteiger partial charge in [-0.05, 0) is 12.8 Å². The fourth-order valence-corrected chi connectivity index (χ4v) is 2.32. The topological polar surface area (TPSA) is 50.1 Å². The minimum Gasteiger partial charge on any atom is -0.392 e. The average Bonchev–Trinajstić information content (AvgIpc) is 2.56. The smallest absolute Gasteiger partial charge is 0.0945 e. The molecular weight excluding hydrogens is 202 g/mol. The second-order valence-electron chi connectivity index (χ2n) is 4.69. The van der Waals surface area contributed by atoms with Crippen LogP contribution in [0.4, 0.5) is 0 Å². The Bertz CT molecular complexity index is 324. The summed E-state index contributed by atoms with van der Waals surface area (Å²) in [6, 6.07) is 0.248. The molecule has 0 radical (unpaired) electrons. The standard InChI is InChI=1S/C12H21N3O/c1-15-9-13-7-10(15)8-14-11-5-3-2-4-6-12(11)16/h7,9,11-12,14,16H,2-6,8H2,1H3. The molecule has 1 heterocycles. The predicted octanol–water partition coefficient (Wildman–Crippen LogP) is 1.20. The number of nitrogens with one attached hydrogen (secondary N) is 1. The van der Waals surface area contributed by atoms with Crippen LogP contribution in [-0.4, -0.2) is 26.8 Å². The van der Waals surface area contributed by atoms with E-state index in [1.807, 2.05) is 17.8 Å². The van der Waals surface area contributed by atoms with E-state index in [-0.39, 0.29) is 12.1 Å². The fraction of sp³-hybridized carbons (Fsp3) is 0.750. The Labute approximate surface area is 96.7 Å². The van der Waals surface area contributed by atoms with E-state index in [9.17, 15) is 5.11 Å². The van der Waals surface area contributed by atoms with Crippen molar-refractivity contribution in [3.8, 4) is 0 Å².